The van der Waals surface area contributed by atoms with Crippen molar-refractivity contribution in [1.29, 1.82) is 0 Å². The Balaban J connectivity index is 0.00000161. The summed E-state index contributed by atoms with van der Waals surface area (Å²) in [5, 5.41) is 12.3. The molecule has 2 aromatic carbocycles. The van der Waals surface area contributed by atoms with Gasteiger partial charge in [0.1, 0.15) is 5.76 Å². The Kier molecular flexibility index (Phi) is 5.55. The third kappa shape index (κ3) is 3.54. The number of hydrogen-bond acceptors (Lipinski definition) is 3. The summed E-state index contributed by atoms with van der Waals surface area (Å²) in [5.74, 6) is -0.895. The van der Waals surface area contributed by atoms with Crippen molar-refractivity contribution in [3.05, 3.63) is 83.3 Å². The van der Waals surface area contributed by atoms with Crippen molar-refractivity contribution >= 4 is 17.6 Å². The molecule has 3 nitrogen and oxygen atoms in total. The van der Waals surface area contributed by atoms with Gasteiger partial charge in [0.2, 0.25) is 0 Å². The molecule has 1 aliphatic rings. The third-order valence-electron chi connectivity index (χ3n) is 3.02. The van der Waals surface area contributed by atoms with Crippen LogP contribution in [-0.4, -0.2) is 5.97 Å². The van der Waals surface area contributed by atoms with Gasteiger partial charge in [0, 0.05) is 0 Å². The van der Waals surface area contributed by atoms with Crippen LogP contribution >= 0.6 is 0 Å². The van der Waals surface area contributed by atoms with E-state index in [1.54, 1.807) is 30.3 Å². The van der Waals surface area contributed by atoms with Gasteiger partial charge in [-0.3, -0.25) is 0 Å². The topological polar surface area (TPSA) is 49.4 Å². The van der Waals surface area contributed by atoms with Gasteiger partial charge in [0.15, 0.2) is 0 Å². The fourth-order valence-electron chi connectivity index (χ4n) is 2.06. The van der Waals surface area contributed by atoms with E-state index in [9.17, 15) is 9.90 Å². The van der Waals surface area contributed by atoms with Crippen LogP contribution < -0.4 is 56.5 Å². The van der Waals surface area contributed by atoms with Gasteiger partial charge >= 0.3 is 57.4 Å². The molecule has 0 bridgehead atoms. The fraction of sp³-hybridized carbons (Fsp3) is 0. The van der Waals surface area contributed by atoms with Crippen LogP contribution in [0.2, 0.25) is 0 Å². The van der Waals surface area contributed by atoms with E-state index in [4.69, 9.17) is 4.74 Å². The molecule has 0 amide bonds. The normalized spacial score (nSPS) is 15.8. The zero-order valence-electron chi connectivity index (χ0n) is 11.6. The van der Waals surface area contributed by atoms with E-state index in [0.29, 0.717) is 5.56 Å². The molecule has 2 aromatic rings. The zero-order chi connectivity index (χ0) is 13.9. The van der Waals surface area contributed by atoms with Gasteiger partial charge in [0.05, 0.1) is 5.57 Å². The summed E-state index contributed by atoms with van der Waals surface area (Å²) in [7, 11) is 0. The Bertz CT molecular complexity index is 703. The molecule has 98 valence electrons. The second-order valence-corrected chi connectivity index (χ2v) is 4.38. The van der Waals surface area contributed by atoms with Gasteiger partial charge in [-0.1, -0.05) is 60.7 Å². The smallest absolute Gasteiger partial charge is 0.869 e. The van der Waals surface area contributed by atoms with E-state index in [0.717, 1.165) is 5.56 Å². The number of carbonyl (C=O) groups excluding carboxylic acids is 1. The summed E-state index contributed by atoms with van der Waals surface area (Å²) in [6.45, 7) is 0. The van der Waals surface area contributed by atoms with Crippen molar-refractivity contribution in [2.75, 3.05) is 0 Å². The van der Waals surface area contributed by atoms with Gasteiger partial charge in [-0.25, -0.2) is 4.79 Å². The first-order chi connectivity index (χ1) is 9.75. The van der Waals surface area contributed by atoms with Crippen molar-refractivity contribution in [1.82, 2.24) is 0 Å². The number of ether oxygens (including phenoxy) is 1. The Morgan fingerprint density at radius 2 is 1.48 bits per heavy atom. The predicted octanol–water partition coefficient (Wildman–Crippen LogP) is -0.640. The van der Waals surface area contributed by atoms with E-state index in [-0.39, 0.29) is 68.5 Å². The maximum absolute atomic E-state index is 12.3. The molecule has 1 heterocycles. The molecule has 0 aliphatic carbocycles. The summed E-state index contributed by atoms with van der Waals surface area (Å²) in [6, 6.07) is 18.1. The largest absolute Gasteiger partial charge is 1.00 e. The quantitative estimate of drug-likeness (QED) is 0.548. The standard InChI is InChI=1S/C17H12O3.K/c18-16-14(11-12-7-3-1-4-8-12)20-17(19)15(16)13-9-5-2-6-10-13;/h1-11,18H;/q;+1/p-1/b14-11-;. The molecule has 0 spiro atoms. The van der Waals surface area contributed by atoms with E-state index in [1.807, 2.05) is 36.4 Å². The first kappa shape index (κ1) is 16.2. The first-order valence-corrected chi connectivity index (χ1v) is 6.22. The predicted molar refractivity (Wildman–Crippen MR) is 73.9 cm³/mol. The average Bonchev–Trinajstić information content (AvgIpc) is 2.75. The fourth-order valence-corrected chi connectivity index (χ4v) is 2.06. The Labute approximate surface area is 165 Å². The monoisotopic (exact) mass is 302 g/mol. The summed E-state index contributed by atoms with van der Waals surface area (Å²) in [4.78, 5) is 11.9. The summed E-state index contributed by atoms with van der Waals surface area (Å²) >= 11 is 0. The molecule has 4 heteroatoms. The summed E-state index contributed by atoms with van der Waals surface area (Å²) in [5.41, 5.74) is 1.49. The minimum Gasteiger partial charge on any atom is -0.869 e. The molecule has 0 radical (unpaired) electrons. The number of carbonyl (C=O) groups is 1. The third-order valence-corrected chi connectivity index (χ3v) is 3.02. The van der Waals surface area contributed by atoms with Crippen LogP contribution in [0.3, 0.4) is 0 Å². The van der Waals surface area contributed by atoms with Crippen LogP contribution in [0.1, 0.15) is 11.1 Å². The second-order valence-electron chi connectivity index (χ2n) is 4.38. The molecule has 0 atom stereocenters. The van der Waals surface area contributed by atoms with Crippen LogP contribution in [0, 0.1) is 0 Å². The molecule has 21 heavy (non-hydrogen) atoms. The van der Waals surface area contributed by atoms with Crippen LogP contribution in [0.4, 0.5) is 0 Å². The number of rotatable bonds is 2. The zero-order valence-corrected chi connectivity index (χ0v) is 14.7. The second kappa shape index (κ2) is 7.20. The molecule has 0 fully saturated rings. The molecular weight excluding hydrogens is 291 g/mol. The van der Waals surface area contributed by atoms with E-state index in [1.165, 1.54) is 0 Å². The van der Waals surface area contributed by atoms with Gasteiger partial charge in [-0.2, -0.15) is 0 Å². The van der Waals surface area contributed by atoms with Crippen molar-refractivity contribution < 1.29 is 66.0 Å². The van der Waals surface area contributed by atoms with Crippen LogP contribution in [0.25, 0.3) is 11.6 Å². The minimum atomic E-state index is -0.594. The van der Waals surface area contributed by atoms with Gasteiger partial charge < -0.3 is 9.84 Å². The van der Waals surface area contributed by atoms with Gasteiger partial charge in [-0.15, -0.1) is 0 Å². The molecule has 1 aliphatic heterocycles. The molecule has 0 aromatic heterocycles. The minimum absolute atomic E-state index is 0. The van der Waals surface area contributed by atoms with E-state index < -0.39 is 5.97 Å². The van der Waals surface area contributed by atoms with Crippen molar-refractivity contribution in [3.63, 3.8) is 0 Å². The molecule has 0 N–H and O–H groups in total. The molecule has 3 rings (SSSR count). The molecule has 0 unspecified atom stereocenters. The van der Waals surface area contributed by atoms with Crippen molar-refractivity contribution in [2.45, 2.75) is 0 Å². The summed E-state index contributed by atoms with van der Waals surface area (Å²) < 4.78 is 5.08. The van der Waals surface area contributed by atoms with Crippen LogP contribution in [-0.2, 0) is 9.53 Å². The molecular formula is C17H11KO3. The Morgan fingerprint density at radius 1 is 0.905 bits per heavy atom. The average molecular weight is 302 g/mol. The summed E-state index contributed by atoms with van der Waals surface area (Å²) in [6.07, 6.45) is 1.58. The maximum atomic E-state index is 12.3. The Hall–Kier alpha value is -1.17. The Morgan fingerprint density at radius 3 is 2.10 bits per heavy atom. The SMILES string of the molecule is O=C1O/C(=C\c2ccccc2)C([O-])=C1c1ccccc1.[K+]. The van der Waals surface area contributed by atoms with E-state index >= 15 is 0 Å². The van der Waals surface area contributed by atoms with Crippen molar-refractivity contribution in [2.24, 2.45) is 0 Å². The van der Waals surface area contributed by atoms with E-state index in [2.05, 4.69) is 0 Å². The number of cyclic esters (lactones) is 1. The number of hydrogen-bond donors (Lipinski definition) is 0. The van der Waals surface area contributed by atoms with Gasteiger partial charge in [-0.05, 0) is 23.0 Å². The van der Waals surface area contributed by atoms with Crippen LogP contribution in [0.15, 0.2) is 72.2 Å². The molecule has 0 saturated heterocycles. The molecule has 0 saturated carbocycles. The maximum Gasteiger partial charge on any atom is 1.00 e. The van der Waals surface area contributed by atoms with Crippen molar-refractivity contribution in [3.8, 4) is 0 Å². The number of esters is 1. The first-order valence-electron chi connectivity index (χ1n) is 6.22. The van der Waals surface area contributed by atoms with Crippen LogP contribution in [0.5, 0.6) is 0 Å². The number of benzene rings is 2. The van der Waals surface area contributed by atoms with Gasteiger partial charge in [0.25, 0.3) is 0 Å².